The van der Waals surface area contributed by atoms with Gasteiger partial charge in [0.1, 0.15) is 0 Å². The number of benzene rings is 9. The monoisotopic (exact) mass is 844 g/mol. The quantitative estimate of drug-likeness (QED) is 0.169. The molecule has 0 radical (unpaired) electrons. The van der Waals surface area contributed by atoms with E-state index in [1.165, 1.54) is 94.4 Å². The fourth-order valence-electron chi connectivity index (χ4n) is 11.2. The van der Waals surface area contributed by atoms with Crippen molar-refractivity contribution >= 4 is 28.0 Å². The molecule has 0 fully saturated rings. The van der Waals surface area contributed by atoms with E-state index in [9.17, 15) is 0 Å². The van der Waals surface area contributed by atoms with Crippen LogP contribution >= 0.6 is 0 Å². The van der Waals surface area contributed by atoms with Crippen LogP contribution in [0.1, 0.15) is 40.3 Å². The van der Waals surface area contributed by atoms with Crippen LogP contribution in [0.15, 0.2) is 237 Å². The van der Waals surface area contributed by atoms with Crippen molar-refractivity contribution in [3.05, 3.63) is 270 Å². The third-order valence-corrected chi connectivity index (χ3v) is 14.2. The number of para-hydroxylation sites is 1. The van der Waals surface area contributed by atoms with Gasteiger partial charge in [-0.05, 0) is 133 Å². The minimum absolute atomic E-state index is 0.616. The minimum atomic E-state index is -0.616. The van der Waals surface area contributed by atoms with Crippen molar-refractivity contribution in [2.45, 2.75) is 25.7 Å². The van der Waals surface area contributed by atoms with E-state index in [0.29, 0.717) is 0 Å². The molecule has 0 aliphatic heterocycles. The normalized spacial score (nSPS) is 14.0. The van der Waals surface area contributed by atoms with E-state index in [2.05, 4.69) is 260 Å². The number of hydrogen-bond donors (Lipinski definition) is 1. The van der Waals surface area contributed by atoms with Crippen molar-refractivity contribution in [1.29, 1.82) is 0 Å². The van der Waals surface area contributed by atoms with Crippen LogP contribution in [0.25, 0.3) is 66.5 Å². The van der Waals surface area contributed by atoms with Crippen molar-refractivity contribution in [1.82, 2.24) is 4.98 Å². The molecule has 0 amide bonds. The van der Waals surface area contributed by atoms with Gasteiger partial charge in [-0.3, -0.25) is 0 Å². The lowest BCUT2D eigenvalue weighted by Crippen LogP contribution is -2.29. The Balaban J connectivity index is 1.09. The average molecular weight is 845 g/mol. The van der Waals surface area contributed by atoms with Gasteiger partial charge in [0.25, 0.3) is 0 Å². The Morgan fingerprint density at radius 3 is 1.70 bits per heavy atom. The second-order valence-corrected chi connectivity index (χ2v) is 17.5. The van der Waals surface area contributed by atoms with Gasteiger partial charge < -0.3 is 9.88 Å². The van der Waals surface area contributed by atoms with Crippen LogP contribution in [0.5, 0.6) is 0 Å². The zero-order valence-corrected chi connectivity index (χ0v) is 37.2. The maximum absolute atomic E-state index is 3.81. The highest BCUT2D eigenvalue weighted by Crippen LogP contribution is 2.62. The Labute approximate surface area is 387 Å². The van der Waals surface area contributed by atoms with Crippen LogP contribution in [0, 0.1) is 6.92 Å². The van der Waals surface area contributed by atoms with Crippen LogP contribution in [0.2, 0.25) is 0 Å². The summed E-state index contributed by atoms with van der Waals surface area (Å²) in [5.41, 5.74) is 24.0. The predicted octanol–water partition coefficient (Wildman–Crippen LogP) is 17.0. The highest BCUT2D eigenvalue weighted by molar-refractivity contribution is 6.05. The highest BCUT2D eigenvalue weighted by Gasteiger charge is 2.50. The van der Waals surface area contributed by atoms with E-state index < -0.39 is 5.41 Å². The summed E-state index contributed by atoms with van der Waals surface area (Å²) >= 11 is 0. The minimum Gasteiger partial charge on any atom is -0.361 e. The molecule has 1 unspecified atom stereocenters. The van der Waals surface area contributed by atoms with Gasteiger partial charge in [0.2, 0.25) is 0 Å². The molecule has 1 atom stereocenters. The molecule has 2 aliphatic rings. The van der Waals surface area contributed by atoms with E-state index >= 15 is 0 Å². The van der Waals surface area contributed by atoms with Gasteiger partial charge in [0.15, 0.2) is 0 Å². The van der Waals surface area contributed by atoms with Crippen molar-refractivity contribution in [2.75, 3.05) is 4.90 Å². The molecular weight excluding hydrogens is 797 g/mol. The molecule has 10 aromatic rings. The third kappa shape index (κ3) is 6.10. The smallest absolute Gasteiger partial charge is 0.0740 e. The van der Waals surface area contributed by atoms with E-state index in [1.54, 1.807) is 0 Å². The fourth-order valence-corrected chi connectivity index (χ4v) is 11.2. The summed E-state index contributed by atoms with van der Waals surface area (Å²) in [5.74, 6) is 0. The Bertz CT molecular complexity index is 3520. The fraction of sp³-hybridized carbons (Fsp3) is 0.0625. The Kier molecular flexibility index (Phi) is 9.61. The lowest BCUT2D eigenvalue weighted by Gasteiger charge is -2.35. The lowest BCUT2D eigenvalue weighted by atomic mass is 9.66. The van der Waals surface area contributed by atoms with Gasteiger partial charge in [-0.15, -0.1) is 0 Å². The maximum Gasteiger partial charge on any atom is 0.0740 e. The van der Waals surface area contributed by atoms with E-state index in [0.717, 1.165) is 29.0 Å². The van der Waals surface area contributed by atoms with Crippen molar-refractivity contribution in [2.24, 2.45) is 0 Å². The topological polar surface area (TPSA) is 19.0 Å². The molecule has 0 saturated heterocycles. The van der Waals surface area contributed by atoms with E-state index in [-0.39, 0.29) is 0 Å². The molecule has 1 N–H and O–H groups in total. The van der Waals surface area contributed by atoms with Crippen molar-refractivity contribution in [3.8, 4) is 55.6 Å². The first-order valence-corrected chi connectivity index (χ1v) is 23.2. The first-order valence-electron chi connectivity index (χ1n) is 23.2. The number of aryl methyl sites for hydroxylation is 1. The predicted molar refractivity (Wildman–Crippen MR) is 277 cm³/mol. The van der Waals surface area contributed by atoms with Gasteiger partial charge in [-0.25, -0.2) is 0 Å². The number of aromatic amines is 1. The van der Waals surface area contributed by atoms with Crippen LogP contribution < -0.4 is 4.90 Å². The molecule has 1 spiro atoms. The van der Waals surface area contributed by atoms with Crippen LogP contribution in [-0.2, 0) is 11.8 Å². The Morgan fingerprint density at radius 2 is 0.924 bits per heavy atom. The van der Waals surface area contributed by atoms with E-state index in [1.807, 2.05) is 0 Å². The molecule has 2 heteroatoms. The standard InChI is InChI=1S/C64H48N2/c1-3-44-19-9-10-22-52(44)51-27-16-26-50(43(51)2)47-36-40-49(41-37-47)66(48-38-34-46(35-39-48)45-20-6-4-7-21-45)61-33-18-31-59-62(61)56-25-12-14-30-58(56)64(59)57-29-13-11-24-54(57)53-23-8-5-15-42-65-63-55(53)28-17-32-60(63)64/h4-42,65H,3H2,1-2H3. The van der Waals surface area contributed by atoms with Crippen molar-refractivity contribution < 1.29 is 0 Å². The number of H-pyrrole nitrogens is 1. The molecule has 0 saturated carbocycles. The highest BCUT2D eigenvalue weighted by atomic mass is 15.1. The largest absolute Gasteiger partial charge is 0.361 e. The summed E-state index contributed by atoms with van der Waals surface area (Å²) in [5, 5.41) is 1.20. The van der Waals surface area contributed by atoms with Gasteiger partial charge in [0, 0.05) is 28.5 Å². The summed E-state index contributed by atoms with van der Waals surface area (Å²) in [6, 6.07) is 85.2. The zero-order chi connectivity index (χ0) is 44.2. The summed E-state index contributed by atoms with van der Waals surface area (Å²) in [6.07, 6.45) is 3.07. The summed E-state index contributed by atoms with van der Waals surface area (Å²) < 4.78 is 0. The summed E-state index contributed by atoms with van der Waals surface area (Å²) in [6.45, 7) is 4.51. The van der Waals surface area contributed by atoms with Gasteiger partial charge >= 0.3 is 0 Å². The lowest BCUT2D eigenvalue weighted by molar-refractivity contribution is 0.778. The van der Waals surface area contributed by atoms with E-state index in [4.69, 9.17) is 0 Å². The van der Waals surface area contributed by atoms with Gasteiger partial charge in [-0.2, -0.15) is 0 Å². The van der Waals surface area contributed by atoms with Crippen molar-refractivity contribution in [3.63, 3.8) is 0 Å². The molecule has 12 rings (SSSR count). The molecule has 314 valence electrons. The number of anilines is 3. The average Bonchev–Trinajstić information content (AvgIpc) is 3.71. The zero-order valence-electron chi connectivity index (χ0n) is 37.2. The first kappa shape index (κ1) is 39.4. The number of nitrogens with one attached hydrogen (secondary N) is 1. The molecule has 2 nitrogen and oxygen atoms in total. The number of nitrogens with zero attached hydrogens (tertiary/aromatic N) is 1. The van der Waals surface area contributed by atoms with Crippen LogP contribution in [0.4, 0.5) is 17.1 Å². The molecular formula is C64H48N2. The van der Waals surface area contributed by atoms with Gasteiger partial charge in [0.05, 0.1) is 16.6 Å². The SMILES string of the molecule is CCc1ccccc1-c1cccc(-c2ccc(N(c3ccc(-c4ccccc4)cc3)c3cccc4c3-c3ccccc3C43c4ccccc4-c4ccccc[nH]c5c3cccc45)cc2)c1C. The van der Waals surface area contributed by atoms with Crippen LogP contribution in [-0.4, -0.2) is 4.98 Å². The molecule has 4 bridgehead atoms. The number of rotatable bonds is 7. The molecule has 66 heavy (non-hydrogen) atoms. The second kappa shape index (κ2) is 16.1. The third-order valence-electron chi connectivity index (χ3n) is 14.2. The first-order chi connectivity index (χ1) is 32.6. The molecule has 2 aliphatic carbocycles. The Hall–Kier alpha value is -8.20. The van der Waals surface area contributed by atoms with Crippen LogP contribution in [0.3, 0.4) is 0 Å². The summed E-state index contributed by atoms with van der Waals surface area (Å²) in [4.78, 5) is 6.28. The maximum atomic E-state index is 3.81. The molecule has 1 aromatic heterocycles. The van der Waals surface area contributed by atoms with Gasteiger partial charge in [-0.1, -0.05) is 201 Å². The summed E-state index contributed by atoms with van der Waals surface area (Å²) in [7, 11) is 0. The Morgan fingerprint density at radius 1 is 0.394 bits per heavy atom. The molecule has 1 heterocycles. The number of hydrogen-bond acceptors (Lipinski definition) is 1. The number of aromatic nitrogens is 1. The molecule has 9 aromatic carbocycles. The number of fused-ring (bicyclic) bond motifs is 9. The second-order valence-electron chi connectivity index (χ2n) is 17.5.